The van der Waals surface area contributed by atoms with Crippen LogP contribution in [-0.2, 0) is 14.8 Å². The topological polar surface area (TPSA) is 102 Å². The summed E-state index contributed by atoms with van der Waals surface area (Å²) in [7, 11) is -3.73. The van der Waals surface area contributed by atoms with Crippen molar-refractivity contribution >= 4 is 21.7 Å². The summed E-state index contributed by atoms with van der Waals surface area (Å²) in [6.07, 6.45) is 0. The van der Waals surface area contributed by atoms with Gasteiger partial charge in [0.1, 0.15) is 0 Å². The molecule has 1 aliphatic heterocycles. The van der Waals surface area contributed by atoms with E-state index in [0.29, 0.717) is 37.6 Å². The highest BCUT2D eigenvalue weighted by Crippen LogP contribution is 2.19. The maximum atomic E-state index is 12.0. The van der Waals surface area contributed by atoms with Gasteiger partial charge in [0, 0.05) is 18.8 Å². The first-order chi connectivity index (χ1) is 9.38. The summed E-state index contributed by atoms with van der Waals surface area (Å²) in [5.74, 6) is 0. The average Bonchev–Trinajstić information content (AvgIpc) is 2.41. The number of carbonyl (C=O) groups is 1. The van der Waals surface area contributed by atoms with E-state index in [2.05, 4.69) is 5.32 Å². The van der Waals surface area contributed by atoms with E-state index in [0.717, 1.165) is 0 Å². The van der Waals surface area contributed by atoms with Gasteiger partial charge < -0.3 is 15.0 Å². The van der Waals surface area contributed by atoms with Crippen LogP contribution in [0.3, 0.4) is 0 Å². The van der Waals surface area contributed by atoms with Crippen LogP contribution in [0.1, 0.15) is 5.56 Å². The maximum absolute atomic E-state index is 12.0. The van der Waals surface area contributed by atoms with Gasteiger partial charge in [-0.05, 0) is 30.7 Å². The Morgan fingerprint density at radius 2 is 2.00 bits per heavy atom. The van der Waals surface area contributed by atoms with E-state index >= 15 is 0 Å². The molecule has 7 nitrogen and oxygen atoms in total. The number of ether oxygens (including phenoxy) is 1. The summed E-state index contributed by atoms with van der Waals surface area (Å²) in [5, 5.41) is 7.81. The third-order valence-electron chi connectivity index (χ3n) is 3.07. The molecule has 1 fully saturated rings. The maximum Gasteiger partial charge on any atom is 0.322 e. The Kier molecular flexibility index (Phi) is 4.26. The summed E-state index contributed by atoms with van der Waals surface area (Å²) in [4.78, 5) is 13.7. The van der Waals surface area contributed by atoms with Crippen LogP contribution in [0.5, 0.6) is 0 Å². The van der Waals surface area contributed by atoms with Gasteiger partial charge >= 0.3 is 6.03 Å². The molecule has 1 saturated heterocycles. The highest BCUT2D eigenvalue weighted by atomic mass is 32.2. The van der Waals surface area contributed by atoms with Crippen LogP contribution >= 0.6 is 0 Å². The molecular weight excluding hydrogens is 282 g/mol. The number of hydrogen-bond donors (Lipinski definition) is 2. The van der Waals surface area contributed by atoms with E-state index in [9.17, 15) is 13.2 Å². The number of nitrogens with zero attached hydrogens (tertiary/aromatic N) is 1. The second-order valence-corrected chi connectivity index (χ2v) is 6.11. The Morgan fingerprint density at radius 3 is 2.55 bits per heavy atom. The minimum absolute atomic E-state index is 0.0272. The van der Waals surface area contributed by atoms with Crippen molar-refractivity contribution < 1.29 is 17.9 Å². The van der Waals surface area contributed by atoms with Crippen molar-refractivity contribution in [3.05, 3.63) is 23.8 Å². The number of benzene rings is 1. The fourth-order valence-electron chi connectivity index (χ4n) is 1.91. The van der Waals surface area contributed by atoms with Gasteiger partial charge in [0.25, 0.3) is 0 Å². The molecule has 1 aromatic carbocycles. The number of hydrogen-bond acceptors (Lipinski definition) is 4. The molecule has 8 heteroatoms. The van der Waals surface area contributed by atoms with Crippen molar-refractivity contribution in [1.82, 2.24) is 4.90 Å². The van der Waals surface area contributed by atoms with Crippen LogP contribution in [0.25, 0.3) is 0 Å². The highest BCUT2D eigenvalue weighted by molar-refractivity contribution is 7.89. The van der Waals surface area contributed by atoms with Crippen molar-refractivity contribution in [1.29, 1.82) is 0 Å². The summed E-state index contributed by atoms with van der Waals surface area (Å²) in [5.41, 5.74) is 1.20. The predicted octanol–water partition coefficient (Wildman–Crippen LogP) is 0.507. The first-order valence-corrected chi connectivity index (χ1v) is 7.70. The van der Waals surface area contributed by atoms with Crippen molar-refractivity contribution in [3.8, 4) is 0 Å². The van der Waals surface area contributed by atoms with Gasteiger partial charge in [-0.25, -0.2) is 18.4 Å². The molecule has 20 heavy (non-hydrogen) atoms. The average molecular weight is 299 g/mol. The molecule has 1 heterocycles. The number of primary sulfonamides is 1. The van der Waals surface area contributed by atoms with Gasteiger partial charge in [0.15, 0.2) is 0 Å². The van der Waals surface area contributed by atoms with Crippen molar-refractivity contribution in [3.63, 3.8) is 0 Å². The van der Waals surface area contributed by atoms with Crippen LogP contribution in [0.4, 0.5) is 10.5 Å². The Balaban J connectivity index is 2.11. The van der Waals surface area contributed by atoms with Gasteiger partial charge in [-0.2, -0.15) is 0 Å². The Bertz CT molecular complexity index is 609. The van der Waals surface area contributed by atoms with Crippen LogP contribution in [0.15, 0.2) is 23.1 Å². The monoisotopic (exact) mass is 299 g/mol. The van der Waals surface area contributed by atoms with E-state index in [1.807, 2.05) is 0 Å². The van der Waals surface area contributed by atoms with E-state index in [1.54, 1.807) is 11.8 Å². The van der Waals surface area contributed by atoms with Crippen molar-refractivity contribution in [2.75, 3.05) is 31.6 Å². The molecule has 2 rings (SSSR count). The van der Waals surface area contributed by atoms with Gasteiger partial charge in [-0.15, -0.1) is 0 Å². The predicted molar refractivity (Wildman–Crippen MR) is 74.0 cm³/mol. The molecule has 0 bridgehead atoms. The third kappa shape index (κ3) is 3.47. The summed E-state index contributed by atoms with van der Waals surface area (Å²) >= 11 is 0. The van der Waals surface area contributed by atoms with Crippen molar-refractivity contribution in [2.24, 2.45) is 5.14 Å². The lowest BCUT2D eigenvalue weighted by atomic mass is 10.2. The standard InChI is InChI=1S/C12H17N3O4S/c1-9-8-10(20(13,17)18)2-3-11(9)14-12(16)15-4-6-19-7-5-15/h2-3,8H,4-7H2,1H3,(H,14,16)(H2,13,17,18). The molecule has 0 aromatic heterocycles. The molecule has 0 spiro atoms. The second kappa shape index (κ2) is 5.78. The number of rotatable bonds is 2. The Labute approximate surface area is 117 Å². The van der Waals surface area contributed by atoms with Crippen LogP contribution in [0.2, 0.25) is 0 Å². The number of morpholine rings is 1. The Hall–Kier alpha value is -1.64. The van der Waals surface area contributed by atoms with Gasteiger partial charge in [0.05, 0.1) is 18.1 Å². The van der Waals surface area contributed by atoms with Crippen LogP contribution in [0, 0.1) is 6.92 Å². The Morgan fingerprint density at radius 1 is 1.35 bits per heavy atom. The summed E-state index contributed by atoms with van der Waals surface area (Å²) in [6, 6.07) is 4.12. The third-order valence-corrected chi connectivity index (χ3v) is 3.98. The van der Waals surface area contributed by atoms with E-state index in [-0.39, 0.29) is 10.9 Å². The van der Waals surface area contributed by atoms with Crippen LogP contribution < -0.4 is 10.5 Å². The number of carbonyl (C=O) groups excluding carboxylic acids is 1. The zero-order valence-corrected chi connectivity index (χ0v) is 11.9. The zero-order valence-electron chi connectivity index (χ0n) is 11.1. The minimum Gasteiger partial charge on any atom is -0.378 e. The first-order valence-electron chi connectivity index (χ1n) is 6.15. The minimum atomic E-state index is -3.73. The quantitative estimate of drug-likeness (QED) is 0.830. The van der Waals surface area contributed by atoms with E-state index in [1.165, 1.54) is 18.2 Å². The summed E-state index contributed by atoms with van der Waals surface area (Å²) in [6.45, 7) is 3.84. The second-order valence-electron chi connectivity index (χ2n) is 4.55. The zero-order chi connectivity index (χ0) is 14.8. The molecule has 0 aliphatic carbocycles. The van der Waals surface area contributed by atoms with Crippen LogP contribution in [-0.4, -0.2) is 45.7 Å². The molecule has 0 radical (unpaired) electrons. The fourth-order valence-corrected chi connectivity index (χ4v) is 2.51. The molecular formula is C12H17N3O4S. The molecule has 1 aliphatic rings. The summed E-state index contributed by atoms with van der Waals surface area (Å²) < 4.78 is 27.6. The number of amides is 2. The number of aryl methyl sites for hydroxylation is 1. The molecule has 0 atom stereocenters. The van der Waals surface area contributed by atoms with Gasteiger partial charge in [-0.3, -0.25) is 0 Å². The van der Waals surface area contributed by atoms with E-state index in [4.69, 9.17) is 9.88 Å². The lowest BCUT2D eigenvalue weighted by Gasteiger charge is -2.27. The number of nitrogens with two attached hydrogens (primary N) is 1. The number of nitrogens with one attached hydrogen (secondary N) is 1. The molecule has 3 N–H and O–H groups in total. The molecule has 2 amide bonds. The van der Waals surface area contributed by atoms with Gasteiger partial charge in [0.2, 0.25) is 10.0 Å². The molecule has 0 saturated carbocycles. The number of anilines is 1. The fraction of sp³-hybridized carbons (Fsp3) is 0.417. The molecule has 1 aromatic rings. The normalized spacial score (nSPS) is 16.0. The largest absolute Gasteiger partial charge is 0.378 e. The molecule has 0 unspecified atom stereocenters. The molecule has 110 valence electrons. The first kappa shape index (κ1) is 14.8. The lowest BCUT2D eigenvalue weighted by Crippen LogP contribution is -2.43. The number of sulfonamides is 1. The van der Waals surface area contributed by atoms with Crippen molar-refractivity contribution in [2.45, 2.75) is 11.8 Å². The smallest absolute Gasteiger partial charge is 0.322 e. The highest BCUT2D eigenvalue weighted by Gasteiger charge is 2.18. The van der Waals surface area contributed by atoms with Gasteiger partial charge in [-0.1, -0.05) is 0 Å². The number of urea groups is 1. The SMILES string of the molecule is Cc1cc(S(N)(=O)=O)ccc1NC(=O)N1CCOCC1. The lowest BCUT2D eigenvalue weighted by molar-refractivity contribution is 0.0564. The van der Waals surface area contributed by atoms with E-state index < -0.39 is 10.0 Å².